The van der Waals surface area contributed by atoms with Crippen LogP contribution in [0.5, 0.6) is 0 Å². The molecule has 3 rings (SSSR count). The summed E-state index contributed by atoms with van der Waals surface area (Å²) in [5.74, 6) is 1.98. The van der Waals surface area contributed by atoms with Crippen molar-refractivity contribution in [2.24, 2.45) is 0 Å². The van der Waals surface area contributed by atoms with Crippen LogP contribution in [0.15, 0.2) is 28.7 Å². The van der Waals surface area contributed by atoms with Crippen LogP contribution in [0.25, 0.3) is 0 Å². The second kappa shape index (κ2) is 5.27. The summed E-state index contributed by atoms with van der Waals surface area (Å²) in [6.45, 7) is 0. The van der Waals surface area contributed by atoms with E-state index in [-0.39, 0.29) is 0 Å². The van der Waals surface area contributed by atoms with E-state index in [2.05, 4.69) is 31.2 Å². The van der Waals surface area contributed by atoms with E-state index in [0.717, 1.165) is 28.8 Å². The molecule has 0 bridgehead atoms. The van der Waals surface area contributed by atoms with Gasteiger partial charge in [0.05, 0.1) is 5.69 Å². The highest BCUT2D eigenvalue weighted by atomic mass is 79.9. The van der Waals surface area contributed by atoms with E-state index < -0.39 is 0 Å². The first-order valence-electron chi connectivity index (χ1n) is 5.88. The quantitative estimate of drug-likeness (QED) is 0.769. The van der Waals surface area contributed by atoms with Gasteiger partial charge in [-0.1, -0.05) is 23.2 Å². The van der Waals surface area contributed by atoms with E-state index >= 15 is 0 Å². The van der Waals surface area contributed by atoms with Gasteiger partial charge in [-0.3, -0.25) is 0 Å². The lowest BCUT2D eigenvalue weighted by molar-refractivity contribution is 0.930. The molecule has 0 saturated heterocycles. The highest BCUT2D eigenvalue weighted by Gasteiger charge is 2.27. The number of aromatic nitrogens is 2. The molecule has 0 aliphatic heterocycles. The van der Waals surface area contributed by atoms with E-state index in [1.165, 1.54) is 0 Å². The van der Waals surface area contributed by atoms with Crippen LogP contribution in [0.1, 0.15) is 24.6 Å². The van der Waals surface area contributed by atoms with Crippen LogP contribution in [0, 0.1) is 0 Å². The monoisotopic (exact) mass is 357 g/mol. The van der Waals surface area contributed by atoms with Gasteiger partial charge < -0.3 is 5.32 Å². The lowest BCUT2D eigenvalue weighted by Crippen LogP contribution is -2.00. The van der Waals surface area contributed by atoms with Crippen molar-refractivity contribution in [1.82, 2.24) is 9.97 Å². The highest BCUT2D eigenvalue weighted by molar-refractivity contribution is 9.10. The summed E-state index contributed by atoms with van der Waals surface area (Å²) in [5.41, 5.74) is 0.890. The smallest absolute Gasteiger partial charge is 0.135 e. The fourth-order valence-corrected chi connectivity index (χ4v) is 2.72. The normalized spacial score (nSPS) is 14.5. The Labute approximate surface area is 129 Å². The first-order chi connectivity index (χ1) is 9.11. The molecule has 1 aliphatic rings. The molecule has 1 aromatic heterocycles. The molecule has 0 spiro atoms. The maximum Gasteiger partial charge on any atom is 0.135 e. The van der Waals surface area contributed by atoms with Gasteiger partial charge in [-0.25, -0.2) is 9.97 Å². The predicted molar refractivity (Wildman–Crippen MR) is 81.5 cm³/mol. The van der Waals surface area contributed by atoms with Crippen LogP contribution in [0.3, 0.4) is 0 Å². The fourth-order valence-electron chi connectivity index (χ4n) is 1.75. The molecule has 1 fully saturated rings. The first kappa shape index (κ1) is 13.2. The minimum absolute atomic E-state index is 0.462. The third kappa shape index (κ3) is 3.19. The summed E-state index contributed by atoms with van der Waals surface area (Å²) in [6.07, 6.45) is 2.29. The zero-order valence-corrected chi connectivity index (χ0v) is 12.9. The van der Waals surface area contributed by atoms with Crippen LogP contribution in [-0.4, -0.2) is 9.97 Å². The molecule has 1 aromatic carbocycles. The molecule has 0 radical (unpaired) electrons. The number of anilines is 2. The summed E-state index contributed by atoms with van der Waals surface area (Å²) in [6, 6.07) is 7.25. The topological polar surface area (TPSA) is 37.8 Å². The van der Waals surface area contributed by atoms with Gasteiger partial charge in [-0.2, -0.15) is 0 Å². The summed E-state index contributed by atoms with van der Waals surface area (Å²) in [5, 5.41) is 4.36. The molecule has 3 nitrogen and oxygen atoms in total. The van der Waals surface area contributed by atoms with E-state index in [1.807, 2.05) is 18.2 Å². The lowest BCUT2D eigenvalue weighted by atomic mass is 10.3. The SMILES string of the molecule is Clc1ccc(Nc2cc(Cl)nc(C3CC3)n2)c(Br)c1. The van der Waals surface area contributed by atoms with Crippen molar-refractivity contribution >= 4 is 50.6 Å². The van der Waals surface area contributed by atoms with E-state index in [1.54, 1.807) is 6.07 Å². The van der Waals surface area contributed by atoms with Crippen LogP contribution in [0.2, 0.25) is 10.2 Å². The molecule has 1 N–H and O–H groups in total. The average molecular weight is 359 g/mol. The molecule has 0 atom stereocenters. The highest BCUT2D eigenvalue weighted by Crippen LogP contribution is 2.39. The van der Waals surface area contributed by atoms with Crippen molar-refractivity contribution in [3.8, 4) is 0 Å². The number of benzene rings is 1. The molecule has 1 aliphatic carbocycles. The third-order valence-corrected chi connectivity index (χ3v) is 3.93. The van der Waals surface area contributed by atoms with Crippen molar-refractivity contribution < 1.29 is 0 Å². The summed E-state index contributed by atoms with van der Waals surface area (Å²) in [4.78, 5) is 8.75. The number of rotatable bonds is 3. The minimum atomic E-state index is 0.462. The van der Waals surface area contributed by atoms with E-state index in [9.17, 15) is 0 Å². The van der Waals surface area contributed by atoms with Gasteiger partial charge in [0.1, 0.15) is 16.8 Å². The van der Waals surface area contributed by atoms with Gasteiger partial charge in [0.2, 0.25) is 0 Å². The van der Waals surface area contributed by atoms with Gasteiger partial charge >= 0.3 is 0 Å². The Kier molecular flexibility index (Phi) is 3.65. The molecule has 1 heterocycles. The number of hydrogen-bond donors (Lipinski definition) is 1. The summed E-state index contributed by atoms with van der Waals surface area (Å²) in [7, 11) is 0. The predicted octanol–water partition coefficient (Wildman–Crippen LogP) is 5.17. The Bertz CT molecular complexity index is 629. The van der Waals surface area contributed by atoms with E-state index in [0.29, 0.717) is 21.9 Å². The summed E-state index contributed by atoms with van der Waals surface area (Å²) < 4.78 is 0.878. The average Bonchev–Trinajstić information content (AvgIpc) is 3.16. The van der Waals surface area contributed by atoms with E-state index in [4.69, 9.17) is 23.2 Å². The van der Waals surface area contributed by atoms with Gasteiger partial charge in [0.15, 0.2) is 0 Å². The van der Waals surface area contributed by atoms with Crippen molar-refractivity contribution in [2.45, 2.75) is 18.8 Å². The largest absolute Gasteiger partial charge is 0.339 e. The molecular formula is C13H10BrCl2N3. The lowest BCUT2D eigenvalue weighted by Gasteiger charge is -2.09. The number of nitrogens with zero attached hydrogens (tertiary/aromatic N) is 2. The van der Waals surface area contributed by atoms with Crippen molar-refractivity contribution in [3.05, 3.63) is 44.7 Å². The molecule has 1 saturated carbocycles. The summed E-state index contributed by atoms with van der Waals surface area (Å²) >= 11 is 15.4. The Morgan fingerprint density at radius 1 is 1.16 bits per heavy atom. The van der Waals surface area contributed by atoms with Crippen LogP contribution >= 0.6 is 39.1 Å². The molecular weight excluding hydrogens is 349 g/mol. The minimum Gasteiger partial charge on any atom is -0.339 e. The van der Waals surface area contributed by atoms with Gasteiger partial charge in [0.25, 0.3) is 0 Å². The Hall–Kier alpha value is -0.840. The second-order valence-electron chi connectivity index (χ2n) is 4.46. The second-order valence-corrected chi connectivity index (χ2v) is 6.14. The standard InChI is InChI=1S/C13H10BrCl2N3/c14-9-5-8(15)3-4-10(9)17-12-6-11(16)18-13(19-12)7-1-2-7/h3-7H,1-2H2,(H,17,18,19). The van der Waals surface area contributed by atoms with Crippen molar-refractivity contribution in [2.75, 3.05) is 5.32 Å². The third-order valence-electron chi connectivity index (χ3n) is 2.85. The van der Waals surface area contributed by atoms with Crippen molar-refractivity contribution in [1.29, 1.82) is 0 Å². The Morgan fingerprint density at radius 3 is 2.63 bits per heavy atom. The Morgan fingerprint density at radius 2 is 1.95 bits per heavy atom. The van der Waals surface area contributed by atoms with Crippen molar-refractivity contribution in [3.63, 3.8) is 0 Å². The number of hydrogen-bond acceptors (Lipinski definition) is 3. The molecule has 0 amide bonds. The van der Waals surface area contributed by atoms with Crippen LogP contribution in [-0.2, 0) is 0 Å². The molecule has 98 valence electrons. The maximum absolute atomic E-state index is 6.03. The van der Waals surface area contributed by atoms with Gasteiger partial charge in [-0.05, 0) is 47.0 Å². The number of halogens is 3. The molecule has 0 unspecified atom stereocenters. The first-order valence-corrected chi connectivity index (χ1v) is 7.43. The number of nitrogens with one attached hydrogen (secondary N) is 1. The van der Waals surface area contributed by atoms with Gasteiger partial charge in [0, 0.05) is 21.5 Å². The molecule has 19 heavy (non-hydrogen) atoms. The fraction of sp³-hybridized carbons (Fsp3) is 0.231. The van der Waals surface area contributed by atoms with Crippen LogP contribution < -0.4 is 5.32 Å². The van der Waals surface area contributed by atoms with Crippen LogP contribution in [0.4, 0.5) is 11.5 Å². The van der Waals surface area contributed by atoms with Gasteiger partial charge in [-0.15, -0.1) is 0 Å². The zero-order valence-electron chi connectivity index (χ0n) is 9.83. The zero-order chi connectivity index (χ0) is 13.4. The Balaban J connectivity index is 1.89. The molecule has 6 heteroatoms. The maximum atomic E-state index is 6.03. The molecule has 2 aromatic rings.